The number of benzene rings is 1. The van der Waals surface area contributed by atoms with Crippen molar-refractivity contribution in [1.82, 2.24) is 4.98 Å². The number of fused-ring (bicyclic) bond motifs is 6. The topological polar surface area (TPSA) is 12.9 Å². The van der Waals surface area contributed by atoms with Crippen LogP contribution in [-0.2, 0) is 16.2 Å². The smallest absolute Gasteiger partial charge is 0.0705 e. The van der Waals surface area contributed by atoms with E-state index in [2.05, 4.69) is 92.8 Å². The molecule has 5 rings (SSSR count). The monoisotopic (exact) mass is 401 g/mol. The molecule has 2 atom stereocenters. The molecule has 0 aliphatic heterocycles. The average molecular weight is 402 g/mol. The van der Waals surface area contributed by atoms with Crippen LogP contribution in [0.5, 0.6) is 0 Å². The van der Waals surface area contributed by atoms with Gasteiger partial charge in [-0.1, -0.05) is 80.9 Å². The molecule has 1 aromatic heterocycles. The summed E-state index contributed by atoms with van der Waals surface area (Å²) in [5.74, 6) is 0.664. The van der Waals surface area contributed by atoms with Gasteiger partial charge in [0, 0.05) is 11.8 Å². The Hall–Kier alpha value is -1.63. The molecule has 1 heterocycles. The Balaban J connectivity index is 1.65. The maximum atomic E-state index is 5.04. The molecule has 2 aromatic rings. The van der Waals surface area contributed by atoms with E-state index in [0.29, 0.717) is 11.3 Å². The van der Waals surface area contributed by atoms with E-state index in [1.54, 1.807) is 5.56 Å². The first kappa shape index (κ1) is 20.3. The van der Waals surface area contributed by atoms with Crippen LogP contribution in [-0.4, -0.2) is 4.98 Å². The van der Waals surface area contributed by atoms with E-state index in [4.69, 9.17) is 4.98 Å². The molecule has 0 amide bonds. The summed E-state index contributed by atoms with van der Waals surface area (Å²) < 4.78 is 0. The zero-order chi connectivity index (χ0) is 21.9. The van der Waals surface area contributed by atoms with E-state index in [0.717, 1.165) is 5.69 Å². The van der Waals surface area contributed by atoms with Crippen molar-refractivity contribution in [2.45, 2.75) is 104 Å². The number of aromatic nitrogens is 1. The molecule has 2 bridgehead atoms. The molecule has 0 saturated heterocycles. The normalized spacial score (nSPS) is 31.3. The molecule has 160 valence electrons. The lowest BCUT2D eigenvalue weighted by atomic mass is 9.58. The van der Waals surface area contributed by atoms with Crippen LogP contribution < -0.4 is 0 Å². The highest BCUT2D eigenvalue weighted by molar-refractivity contribution is 5.66. The molecule has 3 aliphatic rings. The Morgan fingerprint density at radius 1 is 0.800 bits per heavy atom. The maximum Gasteiger partial charge on any atom is 0.0705 e. The molecule has 1 heteroatoms. The van der Waals surface area contributed by atoms with Gasteiger partial charge >= 0.3 is 0 Å². The van der Waals surface area contributed by atoms with Crippen molar-refractivity contribution >= 4 is 0 Å². The Kier molecular flexibility index (Phi) is 3.78. The molecule has 1 fully saturated rings. The van der Waals surface area contributed by atoms with Gasteiger partial charge in [0.25, 0.3) is 0 Å². The molecule has 0 radical (unpaired) electrons. The second-order valence-electron chi connectivity index (χ2n) is 12.8. The molecule has 1 aromatic carbocycles. The predicted octanol–water partition coefficient (Wildman–Crippen LogP) is 7.91. The molecule has 30 heavy (non-hydrogen) atoms. The number of rotatable bonds is 1. The van der Waals surface area contributed by atoms with Crippen molar-refractivity contribution in [3.8, 4) is 11.3 Å². The van der Waals surface area contributed by atoms with Crippen LogP contribution in [0.25, 0.3) is 11.3 Å². The van der Waals surface area contributed by atoms with E-state index in [-0.39, 0.29) is 21.7 Å². The number of nitrogens with zero attached hydrogens (tertiary/aromatic N) is 1. The van der Waals surface area contributed by atoms with Crippen molar-refractivity contribution in [2.75, 3.05) is 0 Å². The van der Waals surface area contributed by atoms with Crippen LogP contribution in [0.3, 0.4) is 0 Å². The van der Waals surface area contributed by atoms with Gasteiger partial charge in [0.1, 0.15) is 0 Å². The third-order valence-corrected chi connectivity index (χ3v) is 11.2. The summed E-state index contributed by atoms with van der Waals surface area (Å²) >= 11 is 0. The van der Waals surface area contributed by atoms with Crippen LogP contribution in [0.2, 0.25) is 0 Å². The summed E-state index contributed by atoms with van der Waals surface area (Å²) in [6.45, 7) is 22.0. The first-order chi connectivity index (χ1) is 13.8. The lowest BCUT2D eigenvalue weighted by Gasteiger charge is -2.46. The molecular formula is C29H39N. The fraction of sp³-hybridized carbons (Fsp3) is 0.621. The maximum absolute atomic E-state index is 5.04. The second-order valence-corrected chi connectivity index (χ2v) is 12.8. The molecule has 3 aliphatic carbocycles. The Bertz CT molecular complexity index is 1050. The minimum absolute atomic E-state index is 0.130. The lowest BCUT2D eigenvalue weighted by Crippen LogP contribution is -2.42. The van der Waals surface area contributed by atoms with Gasteiger partial charge in [0.2, 0.25) is 0 Å². The Morgan fingerprint density at radius 2 is 1.47 bits per heavy atom. The summed E-state index contributed by atoms with van der Waals surface area (Å²) in [4.78, 5) is 5.04. The minimum atomic E-state index is 0.130. The molecular weight excluding hydrogens is 362 g/mol. The fourth-order valence-corrected chi connectivity index (χ4v) is 7.35. The van der Waals surface area contributed by atoms with Gasteiger partial charge in [-0.2, -0.15) is 0 Å². The SMILES string of the molecule is CC1(C)c2ccc(-c3cc4c(cn3)C3(C)CCCC4C3(C)C)cc2C(C)(C)C1(C)C. The predicted molar refractivity (Wildman–Crippen MR) is 127 cm³/mol. The fourth-order valence-electron chi connectivity index (χ4n) is 7.35. The first-order valence-corrected chi connectivity index (χ1v) is 11.9. The highest BCUT2D eigenvalue weighted by atomic mass is 14.7. The average Bonchev–Trinajstić information content (AvgIpc) is 2.83. The van der Waals surface area contributed by atoms with Crippen molar-refractivity contribution < 1.29 is 0 Å². The zero-order valence-electron chi connectivity index (χ0n) is 20.5. The Morgan fingerprint density at radius 3 is 2.17 bits per heavy atom. The van der Waals surface area contributed by atoms with Crippen LogP contribution in [0.4, 0.5) is 0 Å². The molecule has 1 saturated carbocycles. The number of hydrogen-bond acceptors (Lipinski definition) is 1. The summed E-state index contributed by atoms with van der Waals surface area (Å²) in [6.07, 6.45) is 6.18. The molecule has 2 unspecified atom stereocenters. The summed E-state index contributed by atoms with van der Waals surface area (Å²) in [7, 11) is 0. The third kappa shape index (κ3) is 2.08. The highest BCUT2D eigenvalue weighted by Crippen LogP contribution is 2.65. The quantitative estimate of drug-likeness (QED) is 0.473. The van der Waals surface area contributed by atoms with Crippen molar-refractivity contribution in [2.24, 2.45) is 10.8 Å². The van der Waals surface area contributed by atoms with Crippen molar-refractivity contribution in [3.05, 3.63) is 52.7 Å². The number of hydrogen-bond donors (Lipinski definition) is 0. The summed E-state index contributed by atoms with van der Waals surface area (Å²) in [5, 5.41) is 0. The minimum Gasteiger partial charge on any atom is -0.256 e. The van der Waals surface area contributed by atoms with E-state index < -0.39 is 0 Å². The largest absolute Gasteiger partial charge is 0.256 e. The third-order valence-electron chi connectivity index (χ3n) is 11.2. The lowest BCUT2D eigenvalue weighted by molar-refractivity contribution is 0.108. The zero-order valence-corrected chi connectivity index (χ0v) is 20.5. The number of pyridine rings is 1. The van der Waals surface area contributed by atoms with Gasteiger partial charge < -0.3 is 0 Å². The van der Waals surface area contributed by atoms with E-state index in [1.807, 2.05) is 0 Å². The summed E-state index contributed by atoms with van der Waals surface area (Å²) in [5.41, 5.74) is 9.61. The molecule has 0 spiro atoms. The van der Waals surface area contributed by atoms with Gasteiger partial charge in [0.15, 0.2) is 0 Å². The van der Waals surface area contributed by atoms with Gasteiger partial charge in [-0.15, -0.1) is 0 Å². The standard InChI is InChI=1S/C29H39N/c1-25(2)21-13-12-18(15-22(21)26(3,4)28(25,7)8)24-16-19-20-11-10-14-29(9,27(20,5)6)23(19)17-30-24/h12-13,15-17,20H,10-11,14H2,1-9H3. The van der Waals surface area contributed by atoms with Crippen LogP contribution in [0.1, 0.15) is 110 Å². The van der Waals surface area contributed by atoms with E-state index in [1.165, 1.54) is 41.5 Å². The van der Waals surface area contributed by atoms with Gasteiger partial charge in [-0.3, -0.25) is 4.98 Å². The molecule has 0 N–H and O–H groups in total. The van der Waals surface area contributed by atoms with Crippen LogP contribution in [0.15, 0.2) is 30.5 Å². The Labute approximate surface area is 183 Å². The first-order valence-electron chi connectivity index (χ1n) is 11.9. The van der Waals surface area contributed by atoms with Crippen molar-refractivity contribution in [1.29, 1.82) is 0 Å². The summed E-state index contributed by atoms with van der Waals surface area (Å²) in [6, 6.07) is 9.60. The highest BCUT2D eigenvalue weighted by Gasteiger charge is 2.58. The molecule has 1 nitrogen and oxygen atoms in total. The second kappa shape index (κ2) is 5.59. The van der Waals surface area contributed by atoms with Crippen LogP contribution >= 0.6 is 0 Å². The van der Waals surface area contributed by atoms with Gasteiger partial charge in [0.05, 0.1) is 5.69 Å². The van der Waals surface area contributed by atoms with Crippen molar-refractivity contribution in [3.63, 3.8) is 0 Å². The van der Waals surface area contributed by atoms with Gasteiger partial charge in [-0.05, 0) is 80.2 Å². The van der Waals surface area contributed by atoms with E-state index >= 15 is 0 Å². The van der Waals surface area contributed by atoms with E-state index in [9.17, 15) is 0 Å². The van der Waals surface area contributed by atoms with Crippen LogP contribution in [0, 0.1) is 10.8 Å². The van der Waals surface area contributed by atoms with Gasteiger partial charge in [-0.25, -0.2) is 0 Å².